The number of ether oxygens (including phenoxy) is 2. The van der Waals surface area contributed by atoms with Crippen molar-refractivity contribution in [2.75, 3.05) is 14.2 Å². The molecule has 3 heteroatoms. The molecule has 1 rings (SSSR count). The van der Waals surface area contributed by atoms with Gasteiger partial charge in [0, 0.05) is 14.2 Å². The average Bonchev–Trinajstić information content (AvgIpc) is 2.74. The van der Waals surface area contributed by atoms with Crippen molar-refractivity contribution in [2.24, 2.45) is 5.92 Å². The summed E-state index contributed by atoms with van der Waals surface area (Å²) < 4.78 is 9.84. The van der Waals surface area contributed by atoms with Gasteiger partial charge in [0.1, 0.15) is 6.10 Å². The Kier molecular flexibility index (Phi) is 3.30. The number of hydrogen-bond donors (Lipinski definition) is 1. The second-order valence-corrected chi connectivity index (χ2v) is 3.09. The standard InChI is InChI=1S/C8H16O3/c1-10-8(11-2)7(9)5-6-3-4-6/h6-9H,3-5H2,1-2H3. The average molecular weight is 160 g/mol. The molecule has 0 aliphatic heterocycles. The number of hydrogen-bond acceptors (Lipinski definition) is 3. The van der Waals surface area contributed by atoms with E-state index in [9.17, 15) is 5.11 Å². The second-order valence-electron chi connectivity index (χ2n) is 3.09. The predicted molar refractivity (Wildman–Crippen MR) is 41.2 cm³/mol. The van der Waals surface area contributed by atoms with E-state index in [-0.39, 0.29) is 0 Å². The molecule has 0 aromatic carbocycles. The lowest BCUT2D eigenvalue weighted by molar-refractivity contribution is -0.166. The molecule has 1 fully saturated rings. The normalized spacial score (nSPS) is 20.7. The lowest BCUT2D eigenvalue weighted by atomic mass is 10.2. The van der Waals surface area contributed by atoms with Gasteiger partial charge in [-0.2, -0.15) is 0 Å². The van der Waals surface area contributed by atoms with Crippen molar-refractivity contribution in [3.63, 3.8) is 0 Å². The van der Waals surface area contributed by atoms with Crippen LogP contribution >= 0.6 is 0 Å². The first-order valence-electron chi connectivity index (χ1n) is 4.01. The fourth-order valence-electron chi connectivity index (χ4n) is 1.22. The van der Waals surface area contributed by atoms with Crippen LogP contribution in [0.4, 0.5) is 0 Å². The van der Waals surface area contributed by atoms with E-state index in [1.165, 1.54) is 12.8 Å². The quantitative estimate of drug-likeness (QED) is 0.604. The molecule has 0 amide bonds. The molecule has 0 aromatic rings. The molecule has 1 N–H and O–H groups in total. The van der Waals surface area contributed by atoms with E-state index in [1.54, 1.807) is 14.2 Å². The topological polar surface area (TPSA) is 38.7 Å². The van der Waals surface area contributed by atoms with E-state index < -0.39 is 12.4 Å². The minimum atomic E-state index is -0.461. The molecule has 0 bridgehead atoms. The van der Waals surface area contributed by atoms with Gasteiger partial charge in [-0.3, -0.25) is 0 Å². The van der Waals surface area contributed by atoms with Gasteiger partial charge in [-0.15, -0.1) is 0 Å². The molecular weight excluding hydrogens is 144 g/mol. The fraction of sp³-hybridized carbons (Fsp3) is 1.00. The van der Waals surface area contributed by atoms with Gasteiger partial charge in [0.15, 0.2) is 6.29 Å². The van der Waals surface area contributed by atoms with Gasteiger partial charge >= 0.3 is 0 Å². The third-order valence-electron chi connectivity index (χ3n) is 2.05. The highest BCUT2D eigenvalue weighted by Crippen LogP contribution is 2.34. The lowest BCUT2D eigenvalue weighted by Crippen LogP contribution is -2.30. The molecule has 0 saturated heterocycles. The fourth-order valence-corrected chi connectivity index (χ4v) is 1.22. The molecule has 0 spiro atoms. The first kappa shape index (κ1) is 8.97. The largest absolute Gasteiger partial charge is 0.388 e. The number of rotatable bonds is 5. The minimum absolute atomic E-state index is 0.449. The Hall–Kier alpha value is -0.120. The molecular formula is C8H16O3. The molecule has 1 unspecified atom stereocenters. The molecule has 1 saturated carbocycles. The van der Waals surface area contributed by atoms with E-state index in [0.29, 0.717) is 5.92 Å². The Labute approximate surface area is 67.3 Å². The number of aliphatic hydroxyl groups excluding tert-OH is 1. The lowest BCUT2D eigenvalue weighted by Gasteiger charge is -2.19. The summed E-state index contributed by atoms with van der Waals surface area (Å²) in [6.45, 7) is 0. The highest BCUT2D eigenvalue weighted by atomic mass is 16.7. The highest BCUT2D eigenvalue weighted by Gasteiger charge is 2.28. The van der Waals surface area contributed by atoms with Gasteiger partial charge < -0.3 is 14.6 Å². The molecule has 1 aliphatic carbocycles. The maximum Gasteiger partial charge on any atom is 0.182 e. The van der Waals surface area contributed by atoms with Gasteiger partial charge in [0.2, 0.25) is 0 Å². The maximum atomic E-state index is 9.47. The van der Waals surface area contributed by atoms with E-state index in [0.717, 1.165) is 6.42 Å². The Morgan fingerprint density at radius 2 is 1.91 bits per heavy atom. The Morgan fingerprint density at radius 3 is 2.27 bits per heavy atom. The van der Waals surface area contributed by atoms with Crippen LogP contribution in [-0.4, -0.2) is 31.7 Å². The van der Waals surface area contributed by atoms with Gasteiger partial charge in [-0.1, -0.05) is 12.8 Å². The summed E-state index contributed by atoms with van der Waals surface area (Å²) in [7, 11) is 3.09. The third-order valence-corrected chi connectivity index (χ3v) is 2.05. The monoisotopic (exact) mass is 160 g/mol. The molecule has 0 heterocycles. The molecule has 0 aromatic heterocycles. The zero-order valence-corrected chi connectivity index (χ0v) is 7.12. The summed E-state index contributed by atoms with van der Waals surface area (Å²) in [5.41, 5.74) is 0. The zero-order chi connectivity index (χ0) is 8.27. The van der Waals surface area contributed by atoms with Crippen molar-refractivity contribution in [1.29, 1.82) is 0 Å². The summed E-state index contributed by atoms with van der Waals surface area (Å²) in [6, 6.07) is 0. The van der Waals surface area contributed by atoms with E-state index >= 15 is 0 Å². The van der Waals surface area contributed by atoms with Crippen LogP contribution in [0, 0.1) is 5.92 Å². The van der Waals surface area contributed by atoms with Crippen molar-refractivity contribution >= 4 is 0 Å². The van der Waals surface area contributed by atoms with Gasteiger partial charge in [-0.05, 0) is 12.3 Å². The van der Waals surface area contributed by atoms with Crippen LogP contribution in [0.1, 0.15) is 19.3 Å². The summed E-state index contributed by atoms with van der Waals surface area (Å²) in [5.74, 6) is 0.706. The van der Waals surface area contributed by atoms with Crippen molar-refractivity contribution in [3.05, 3.63) is 0 Å². The Morgan fingerprint density at radius 1 is 1.36 bits per heavy atom. The smallest absolute Gasteiger partial charge is 0.182 e. The maximum absolute atomic E-state index is 9.47. The van der Waals surface area contributed by atoms with Crippen LogP contribution in [0.2, 0.25) is 0 Å². The Bertz CT molecular complexity index is 108. The van der Waals surface area contributed by atoms with Crippen LogP contribution in [0.15, 0.2) is 0 Å². The van der Waals surface area contributed by atoms with E-state index in [4.69, 9.17) is 9.47 Å². The van der Waals surface area contributed by atoms with Crippen molar-refractivity contribution in [1.82, 2.24) is 0 Å². The van der Waals surface area contributed by atoms with Crippen molar-refractivity contribution in [2.45, 2.75) is 31.7 Å². The second kappa shape index (κ2) is 4.04. The summed E-state index contributed by atoms with van der Waals surface area (Å²) >= 11 is 0. The zero-order valence-electron chi connectivity index (χ0n) is 7.12. The third kappa shape index (κ3) is 2.77. The SMILES string of the molecule is COC(OC)C(O)CC1CC1. The summed E-state index contributed by atoms with van der Waals surface area (Å²) in [4.78, 5) is 0. The van der Waals surface area contributed by atoms with Crippen molar-refractivity contribution < 1.29 is 14.6 Å². The number of methoxy groups -OCH3 is 2. The van der Waals surface area contributed by atoms with E-state index in [2.05, 4.69) is 0 Å². The van der Waals surface area contributed by atoms with E-state index in [1.807, 2.05) is 0 Å². The first-order valence-corrected chi connectivity index (χ1v) is 4.01. The van der Waals surface area contributed by atoms with Gasteiger partial charge in [0.25, 0.3) is 0 Å². The molecule has 0 radical (unpaired) electrons. The molecule has 1 aliphatic rings. The number of aliphatic hydroxyl groups is 1. The van der Waals surface area contributed by atoms with Crippen LogP contribution in [0.3, 0.4) is 0 Å². The van der Waals surface area contributed by atoms with Crippen LogP contribution in [0.5, 0.6) is 0 Å². The molecule has 3 nitrogen and oxygen atoms in total. The van der Waals surface area contributed by atoms with Crippen LogP contribution in [-0.2, 0) is 9.47 Å². The van der Waals surface area contributed by atoms with Gasteiger partial charge in [-0.25, -0.2) is 0 Å². The highest BCUT2D eigenvalue weighted by molar-refractivity contribution is 4.77. The van der Waals surface area contributed by atoms with Crippen LogP contribution in [0.25, 0.3) is 0 Å². The first-order chi connectivity index (χ1) is 5.27. The summed E-state index contributed by atoms with van der Waals surface area (Å²) in [5, 5.41) is 9.47. The molecule has 11 heavy (non-hydrogen) atoms. The van der Waals surface area contributed by atoms with Crippen LogP contribution < -0.4 is 0 Å². The molecule has 1 atom stereocenters. The van der Waals surface area contributed by atoms with Crippen molar-refractivity contribution in [3.8, 4) is 0 Å². The molecule has 66 valence electrons. The van der Waals surface area contributed by atoms with Gasteiger partial charge in [0.05, 0.1) is 0 Å². The summed E-state index contributed by atoms with van der Waals surface area (Å²) in [6.07, 6.45) is 2.40. The predicted octanol–water partition coefficient (Wildman–Crippen LogP) is 0.766. The Balaban J connectivity index is 2.18. The minimum Gasteiger partial charge on any atom is -0.388 e.